The van der Waals surface area contributed by atoms with Gasteiger partial charge in [-0.05, 0) is 12.8 Å². The van der Waals surface area contributed by atoms with Gasteiger partial charge in [0.25, 0.3) is 5.91 Å². The zero-order valence-corrected chi connectivity index (χ0v) is 11.9. The predicted molar refractivity (Wildman–Crippen MR) is 75.1 cm³/mol. The quantitative estimate of drug-likeness (QED) is 0.805. The number of aromatic nitrogens is 1. The van der Waals surface area contributed by atoms with Gasteiger partial charge in [-0.25, -0.2) is 0 Å². The van der Waals surface area contributed by atoms with E-state index in [4.69, 9.17) is 9.47 Å². The van der Waals surface area contributed by atoms with E-state index in [0.717, 1.165) is 39.4 Å². The molecule has 1 aromatic carbocycles. The van der Waals surface area contributed by atoms with Gasteiger partial charge in [-0.1, -0.05) is 11.3 Å². The van der Waals surface area contributed by atoms with Crippen LogP contribution in [0.15, 0.2) is 17.1 Å². The SMILES string of the molecule is Cn1c(=NC(=O)C2CC2)sc2cc3c(cc21)OCCO3. The second kappa shape index (κ2) is 4.34. The van der Waals surface area contributed by atoms with Gasteiger partial charge in [0, 0.05) is 25.1 Å². The van der Waals surface area contributed by atoms with Crippen LogP contribution in [0.2, 0.25) is 0 Å². The Morgan fingerprint density at radius 3 is 2.70 bits per heavy atom. The molecule has 4 rings (SSSR count). The molecule has 0 unspecified atom stereocenters. The summed E-state index contributed by atoms with van der Waals surface area (Å²) in [6.07, 6.45) is 1.96. The fraction of sp³-hybridized carbons (Fsp3) is 0.429. The van der Waals surface area contributed by atoms with Crippen LogP contribution in [-0.2, 0) is 11.8 Å². The van der Waals surface area contributed by atoms with Crippen molar-refractivity contribution in [2.75, 3.05) is 13.2 Å². The third-order valence-electron chi connectivity index (χ3n) is 3.61. The highest BCUT2D eigenvalue weighted by Gasteiger charge is 2.29. The van der Waals surface area contributed by atoms with Crippen LogP contribution >= 0.6 is 11.3 Å². The number of carbonyl (C=O) groups is 1. The number of fused-ring (bicyclic) bond motifs is 2. The van der Waals surface area contributed by atoms with Gasteiger partial charge in [0.15, 0.2) is 16.3 Å². The smallest absolute Gasteiger partial charge is 0.251 e. The first-order chi connectivity index (χ1) is 9.72. The van der Waals surface area contributed by atoms with Crippen LogP contribution in [-0.4, -0.2) is 23.7 Å². The summed E-state index contributed by atoms with van der Waals surface area (Å²) in [5.74, 6) is 1.69. The van der Waals surface area contributed by atoms with Crippen LogP contribution in [0, 0.1) is 5.92 Å². The molecule has 20 heavy (non-hydrogen) atoms. The number of amides is 1. The Morgan fingerprint density at radius 1 is 1.30 bits per heavy atom. The Labute approximate surface area is 119 Å². The van der Waals surface area contributed by atoms with Gasteiger partial charge in [-0.15, -0.1) is 0 Å². The molecule has 0 atom stereocenters. The van der Waals surface area contributed by atoms with Gasteiger partial charge in [0.2, 0.25) is 0 Å². The molecule has 0 bridgehead atoms. The molecule has 0 N–H and O–H groups in total. The second-order valence-corrected chi connectivity index (χ2v) is 6.14. The van der Waals surface area contributed by atoms with E-state index < -0.39 is 0 Å². The van der Waals surface area contributed by atoms with Crippen molar-refractivity contribution < 1.29 is 14.3 Å². The highest BCUT2D eigenvalue weighted by molar-refractivity contribution is 7.16. The summed E-state index contributed by atoms with van der Waals surface area (Å²) < 4.78 is 14.2. The number of ether oxygens (including phenoxy) is 2. The number of hydrogen-bond acceptors (Lipinski definition) is 4. The van der Waals surface area contributed by atoms with Crippen LogP contribution < -0.4 is 14.3 Å². The van der Waals surface area contributed by atoms with Crippen molar-refractivity contribution in [1.29, 1.82) is 0 Å². The minimum absolute atomic E-state index is 0.00409. The van der Waals surface area contributed by atoms with E-state index in [2.05, 4.69) is 4.99 Å². The molecule has 0 saturated heterocycles. The lowest BCUT2D eigenvalue weighted by atomic mass is 10.3. The van der Waals surface area contributed by atoms with E-state index in [1.165, 1.54) is 11.3 Å². The monoisotopic (exact) mass is 290 g/mol. The first kappa shape index (κ1) is 12.0. The first-order valence-electron chi connectivity index (χ1n) is 6.70. The maximum absolute atomic E-state index is 11.8. The summed E-state index contributed by atoms with van der Waals surface area (Å²) in [5, 5.41) is 0. The Balaban J connectivity index is 1.87. The number of nitrogens with zero attached hydrogens (tertiary/aromatic N) is 2. The maximum atomic E-state index is 11.8. The van der Waals surface area contributed by atoms with E-state index in [-0.39, 0.29) is 11.8 Å². The highest BCUT2D eigenvalue weighted by atomic mass is 32.1. The van der Waals surface area contributed by atoms with Crippen molar-refractivity contribution >= 4 is 27.5 Å². The standard InChI is InChI=1S/C14H14N2O3S/c1-16-9-6-10-11(19-5-4-18-10)7-12(9)20-14(16)15-13(17)8-2-3-8/h6-8H,2-5H2,1H3. The Hall–Kier alpha value is -1.82. The molecule has 1 aromatic heterocycles. The molecule has 2 aromatic rings. The van der Waals surface area contributed by atoms with Crippen molar-refractivity contribution in [3.63, 3.8) is 0 Å². The molecular formula is C14H14N2O3S. The molecule has 5 nitrogen and oxygen atoms in total. The Kier molecular flexibility index (Phi) is 2.60. The van der Waals surface area contributed by atoms with Crippen molar-refractivity contribution in [2.45, 2.75) is 12.8 Å². The molecule has 2 heterocycles. The highest BCUT2D eigenvalue weighted by Crippen LogP contribution is 2.35. The molecule has 104 valence electrons. The van der Waals surface area contributed by atoms with Crippen molar-refractivity contribution in [2.24, 2.45) is 18.0 Å². The average Bonchev–Trinajstić information content (AvgIpc) is 3.26. The van der Waals surface area contributed by atoms with Crippen molar-refractivity contribution in [3.05, 3.63) is 16.9 Å². The largest absolute Gasteiger partial charge is 0.486 e. The summed E-state index contributed by atoms with van der Waals surface area (Å²) in [5.41, 5.74) is 1.02. The number of rotatable bonds is 1. The van der Waals surface area contributed by atoms with E-state index >= 15 is 0 Å². The Morgan fingerprint density at radius 2 is 2.00 bits per heavy atom. The minimum atomic E-state index is 0.00409. The molecule has 1 fully saturated rings. The van der Waals surface area contributed by atoms with E-state index in [9.17, 15) is 4.79 Å². The minimum Gasteiger partial charge on any atom is -0.486 e. The molecule has 1 amide bonds. The molecule has 1 saturated carbocycles. The topological polar surface area (TPSA) is 52.8 Å². The molecule has 0 radical (unpaired) electrons. The number of aryl methyl sites for hydroxylation is 1. The second-order valence-electron chi connectivity index (χ2n) is 5.13. The Bertz CT molecular complexity index is 771. The number of carbonyl (C=O) groups excluding carboxylic acids is 1. The summed E-state index contributed by atoms with van der Waals surface area (Å²) in [6.45, 7) is 1.15. The molecular weight excluding hydrogens is 276 g/mol. The van der Waals surface area contributed by atoms with Crippen molar-refractivity contribution in [1.82, 2.24) is 4.57 Å². The lowest BCUT2D eigenvalue weighted by Crippen LogP contribution is -2.16. The maximum Gasteiger partial charge on any atom is 0.251 e. The molecule has 0 spiro atoms. The van der Waals surface area contributed by atoms with E-state index in [1.54, 1.807) is 0 Å². The van der Waals surface area contributed by atoms with Gasteiger partial charge in [0.05, 0.1) is 10.2 Å². The lowest BCUT2D eigenvalue weighted by Gasteiger charge is -2.18. The molecule has 1 aliphatic heterocycles. The van der Waals surface area contributed by atoms with Crippen molar-refractivity contribution in [3.8, 4) is 11.5 Å². The summed E-state index contributed by atoms with van der Waals surface area (Å²) in [4.78, 5) is 16.8. The molecule has 2 aliphatic rings. The fourth-order valence-electron chi connectivity index (χ4n) is 2.29. The zero-order chi connectivity index (χ0) is 13.7. The summed E-state index contributed by atoms with van der Waals surface area (Å²) in [6, 6.07) is 3.93. The molecule has 1 aliphatic carbocycles. The summed E-state index contributed by atoms with van der Waals surface area (Å²) >= 11 is 1.51. The predicted octanol–water partition coefficient (Wildman–Crippen LogP) is 1.85. The first-order valence-corrected chi connectivity index (χ1v) is 7.52. The van der Waals surface area contributed by atoms with Crippen LogP contribution in [0.1, 0.15) is 12.8 Å². The third kappa shape index (κ3) is 1.91. The number of hydrogen-bond donors (Lipinski definition) is 0. The van der Waals surface area contributed by atoms with Gasteiger partial charge in [0.1, 0.15) is 13.2 Å². The average molecular weight is 290 g/mol. The normalized spacial score (nSPS) is 18.6. The fourth-order valence-corrected chi connectivity index (χ4v) is 3.32. The third-order valence-corrected chi connectivity index (χ3v) is 4.70. The van der Waals surface area contributed by atoms with Crippen LogP contribution in [0.25, 0.3) is 10.2 Å². The summed E-state index contributed by atoms with van der Waals surface area (Å²) in [7, 11) is 1.92. The van der Waals surface area contributed by atoms with Crippen LogP contribution in [0.3, 0.4) is 0 Å². The van der Waals surface area contributed by atoms with Gasteiger partial charge >= 0.3 is 0 Å². The molecule has 6 heteroatoms. The number of thiazole rings is 1. The van der Waals surface area contributed by atoms with Gasteiger partial charge in [-0.3, -0.25) is 4.79 Å². The lowest BCUT2D eigenvalue weighted by molar-refractivity contribution is -0.119. The van der Waals surface area contributed by atoms with E-state index in [0.29, 0.717) is 13.2 Å². The number of benzene rings is 1. The zero-order valence-electron chi connectivity index (χ0n) is 11.1. The van der Waals surface area contributed by atoms with Crippen LogP contribution in [0.5, 0.6) is 11.5 Å². The van der Waals surface area contributed by atoms with Gasteiger partial charge in [-0.2, -0.15) is 4.99 Å². The van der Waals surface area contributed by atoms with E-state index in [1.807, 2.05) is 23.7 Å². The van der Waals surface area contributed by atoms with Gasteiger partial charge < -0.3 is 14.0 Å². The van der Waals surface area contributed by atoms with Crippen LogP contribution in [0.4, 0.5) is 0 Å².